The molecule has 0 unspecified atom stereocenters. The number of carboxylic acid groups (broad SMARTS) is 1. The molecule has 5 heteroatoms. The molecule has 0 spiro atoms. The summed E-state index contributed by atoms with van der Waals surface area (Å²) in [6.07, 6.45) is -0.174. The maximum atomic E-state index is 12.4. The Hall–Kier alpha value is -2.82. The lowest BCUT2D eigenvalue weighted by Gasteiger charge is -2.25. The topological polar surface area (TPSA) is 75.6 Å². The Kier molecular flexibility index (Phi) is 5.58. The van der Waals surface area contributed by atoms with Crippen LogP contribution in [-0.4, -0.2) is 23.6 Å². The molecule has 1 amide bonds. The van der Waals surface area contributed by atoms with Crippen molar-refractivity contribution in [2.24, 2.45) is 0 Å². The molecule has 0 aliphatic rings. The molecule has 2 rings (SSSR count). The summed E-state index contributed by atoms with van der Waals surface area (Å²) in [6, 6.07) is 15.8. The van der Waals surface area contributed by atoms with Crippen LogP contribution in [0, 0.1) is 0 Å². The van der Waals surface area contributed by atoms with Crippen LogP contribution in [0.2, 0.25) is 0 Å². The highest BCUT2D eigenvalue weighted by atomic mass is 16.5. The molecule has 0 aliphatic carbocycles. The van der Waals surface area contributed by atoms with Crippen LogP contribution in [-0.2, 0) is 15.0 Å². The lowest BCUT2D eigenvalue weighted by atomic mass is 9.79. The molecule has 2 aromatic rings. The van der Waals surface area contributed by atoms with E-state index >= 15 is 0 Å². The summed E-state index contributed by atoms with van der Waals surface area (Å²) in [5.74, 6) is -0.858. The summed E-state index contributed by atoms with van der Waals surface area (Å²) >= 11 is 0. The SMILES string of the molecule is CCOc1ccccc1NC(=O)C[C@@](C)(C(=O)O)c1ccccc1. The smallest absolute Gasteiger partial charge is 0.314 e. The molecular weight excluding hydrogens is 306 g/mol. The van der Waals surface area contributed by atoms with Crippen LogP contribution in [0.5, 0.6) is 5.75 Å². The van der Waals surface area contributed by atoms with Gasteiger partial charge in [-0.3, -0.25) is 9.59 Å². The average molecular weight is 327 g/mol. The van der Waals surface area contributed by atoms with E-state index in [1.54, 1.807) is 49.4 Å². The molecule has 1 atom stereocenters. The number of hydrogen-bond donors (Lipinski definition) is 2. The number of hydrogen-bond acceptors (Lipinski definition) is 3. The van der Waals surface area contributed by atoms with Crippen LogP contribution in [0.25, 0.3) is 0 Å². The van der Waals surface area contributed by atoms with E-state index in [4.69, 9.17) is 4.74 Å². The van der Waals surface area contributed by atoms with Crippen LogP contribution in [0.3, 0.4) is 0 Å². The minimum Gasteiger partial charge on any atom is -0.492 e. The standard InChI is InChI=1S/C19H21NO4/c1-3-24-16-12-8-7-11-15(16)20-17(21)13-19(2,18(22)23)14-9-5-4-6-10-14/h4-12H,3,13H2,1-2H3,(H,20,21)(H,22,23)/t19-/m1/s1. The van der Waals surface area contributed by atoms with E-state index in [9.17, 15) is 14.7 Å². The zero-order valence-electron chi connectivity index (χ0n) is 13.8. The van der Waals surface area contributed by atoms with Gasteiger partial charge in [0.05, 0.1) is 17.7 Å². The van der Waals surface area contributed by atoms with E-state index in [0.29, 0.717) is 23.6 Å². The highest BCUT2D eigenvalue weighted by Gasteiger charge is 2.37. The van der Waals surface area contributed by atoms with Gasteiger partial charge < -0.3 is 15.2 Å². The molecule has 24 heavy (non-hydrogen) atoms. The molecule has 5 nitrogen and oxygen atoms in total. The van der Waals surface area contributed by atoms with Gasteiger partial charge in [-0.1, -0.05) is 42.5 Å². The Morgan fingerprint density at radius 1 is 1.08 bits per heavy atom. The lowest BCUT2D eigenvalue weighted by Crippen LogP contribution is -2.36. The second-order valence-corrected chi connectivity index (χ2v) is 5.66. The van der Waals surface area contributed by atoms with Crippen molar-refractivity contribution >= 4 is 17.6 Å². The molecule has 0 saturated heterocycles. The summed E-state index contributed by atoms with van der Waals surface area (Å²) in [7, 11) is 0. The van der Waals surface area contributed by atoms with E-state index in [0.717, 1.165) is 0 Å². The number of nitrogens with one attached hydrogen (secondary N) is 1. The first-order valence-electron chi connectivity index (χ1n) is 7.78. The first kappa shape index (κ1) is 17.5. The molecule has 0 aliphatic heterocycles. The van der Waals surface area contributed by atoms with E-state index in [2.05, 4.69) is 5.32 Å². The molecule has 126 valence electrons. The van der Waals surface area contributed by atoms with E-state index in [-0.39, 0.29) is 12.3 Å². The van der Waals surface area contributed by atoms with Gasteiger partial charge in [0, 0.05) is 6.42 Å². The van der Waals surface area contributed by atoms with E-state index in [1.807, 2.05) is 19.1 Å². The average Bonchev–Trinajstić information content (AvgIpc) is 2.57. The largest absolute Gasteiger partial charge is 0.492 e. The Bertz CT molecular complexity index is 714. The molecule has 0 radical (unpaired) electrons. The quantitative estimate of drug-likeness (QED) is 0.816. The Morgan fingerprint density at radius 3 is 2.33 bits per heavy atom. The van der Waals surface area contributed by atoms with Crippen molar-refractivity contribution in [2.75, 3.05) is 11.9 Å². The number of para-hydroxylation sites is 2. The van der Waals surface area contributed by atoms with Crippen LogP contribution < -0.4 is 10.1 Å². The molecule has 2 aromatic carbocycles. The summed E-state index contributed by atoms with van der Waals surface area (Å²) in [6.45, 7) is 3.89. The van der Waals surface area contributed by atoms with Gasteiger partial charge >= 0.3 is 5.97 Å². The van der Waals surface area contributed by atoms with E-state index < -0.39 is 11.4 Å². The van der Waals surface area contributed by atoms with Crippen molar-refractivity contribution in [2.45, 2.75) is 25.7 Å². The molecular formula is C19H21NO4. The molecule has 0 heterocycles. The molecule has 0 aromatic heterocycles. The van der Waals surface area contributed by atoms with Gasteiger partial charge in [-0.2, -0.15) is 0 Å². The number of ether oxygens (including phenoxy) is 1. The third kappa shape index (κ3) is 3.93. The molecule has 0 bridgehead atoms. The summed E-state index contributed by atoms with van der Waals surface area (Å²) in [5.41, 5.74) is -0.179. The maximum absolute atomic E-state index is 12.4. The normalized spacial score (nSPS) is 12.9. The fourth-order valence-corrected chi connectivity index (χ4v) is 2.47. The van der Waals surface area contributed by atoms with Crippen molar-refractivity contribution in [3.05, 3.63) is 60.2 Å². The number of rotatable bonds is 7. The van der Waals surface area contributed by atoms with E-state index in [1.165, 1.54) is 0 Å². The predicted octanol–water partition coefficient (Wildman–Crippen LogP) is 3.46. The van der Waals surface area contributed by atoms with Crippen molar-refractivity contribution in [1.29, 1.82) is 0 Å². The first-order valence-corrected chi connectivity index (χ1v) is 7.78. The Labute approximate surface area is 141 Å². The van der Waals surface area contributed by atoms with Gasteiger partial charge in [-0.15, -0.1) is 0 Å². The number of amides is 1. The first-order chi connectivity index (χ1) is 11.5. The minimum absolute atomic E-state index is 0.174. The van der Waals surface area contributed by atoms with Crippen molar-refractivity contribution < 1.29 is 19.4 Å². The number of aliphatic carboxylic acids is 1. The number of carbonyl (C=O) groups is 2. The second kappa shape index (κ2) is 7.64. The maximum Gasteiger partial charge on any atom is 0.314 e. The summed E-state index contributed by atoms with van der Waals surface area (Å²) in [5, 5.41) is 12.4. The highest BCUT2D eigenvalue weighted by Crippen LogP contribution is 2.30. The van der Waals surface area contributed by atoms with Crippen LogP contribution in [0.15, 0.2) is 54.6 Å². The van der Waals surface area contributed by atoms with Crippen molar-refractivity contribution in [3.63, 3.8) is 0 Å². The number of carbonyl (C=O) groups excluding carboxylic acids is 1. The van der Waals surface area contributed by atoms with Crippen molar-refractivity contribution in [3.8, 4) is 5.75 Å². The minimum atomic E-state index is -1.30. The monoisotopic (exact) mass is 327 g/mol. The Balaban J connectivity index is 2.20. The third-order valence-corrected chi connectivity index (χ3v) is 3.86. The fourth-order valence-electron chi connectivity index (χ4n) is 2.47. The van der Waals surface area contributed by atoms with Gasteiger partial charge in [0.25, 0.3) is 0 Å². The lowest BCUT2D eigenvalue weighted by molar-refractivity contribution is -0.145. The summed E-state index contributed by atoms with van der Waals surface area (Å²) in [4.78, 5) is 24.2. The number of anilines is 1. The van der Waals surface area contributed by atoms with Crippen LogP contribution in [0.1, 0.15) is 25.8 Å². The zero-order chi connectivity index (χ0) is 17.6. The van der Waals surface area contributed by atoms with Gasteiger partial charge in [-0.05, 0) is 31.5 Å². The van der Waals surface area contributed by atoms with Gasteiger partial charge in [0.15, 0.2) is 0 Å². The van der Waals surface area contributed by atoms with Crippen LogP contribution >= 0.6 is 0 Å². The number of carboxylic acids is 1. The van der Waals surface area contributed by atoms with Gasteiger partial charge in [0.1, 0.15) is 5.75 Å². The summed E-state index contributed by atoms with van der Waals surface area (Å²) < 4.78 is 5.47. The second-order valence-electron chi connectivity index (χ2n) is 5.66. The Morgan fingerprint density at radius 2 is 1.71 bits per heavy atom. The predicted molar refractivity (Wildman–Crippen MR) is 92.3 cm³/mol. The molecule has 0 fully saturated rings. The number of benzene rings is 2. The molecule has 0 saturated carbocycles. The van der Waals surface area contributed by atoms with Gasteiger partial charge in [0.2, 0.25) is 5.91 Å². The fraction of sp³-hybridized carbons (Fsp3) is 0.263. The van der Waals surface area contributed by atoms with Gasteiger partial charge in [-0.25, -0.2) is 0 Å². The van der Waals surface area contributed by atoms with Crippen LogP contribution in [0.4, 0.5) is 5.69 Å². The van der Waals surface area contributed by atoms with Crippen molar-refractivity contribution in [1.82, 2.24) is 0 Å². The zero-order valence-corrected chi connectivity index (χ0v) is 13.8. The highest BCUT2D eigenvalue weighted by molar-refractivity contribution is 5.97. The third-order valence-electron chi connectivity index (χ3n) is 3.86. The molecule has 2 N–H and O–H groups in total.